The summed E-state index contributed by atoms with van der Waals surface area (Å²) in [5.41, 5.74) is 2.90. The highest BCUT2D eigenvalue weighted by atomic mass is 35.5. The van der Waals surface area contributed by atoms with Crippen molar-refractivity contribution < 1.29 is 4.79 Å². The Hall–Kier alpha value is -1.56. The Balaban J connectivity index is 1.85. The molecule has 1 saturated heterocycles. The Kier molecular flexibility index (Phi) is 4.38. The van der Waals surface area contributed by atoms with Crippen molar-refractivity contribution in [3.8, 4) is 0 Å². The fourth-order valence-corrected chi connectivity index (χ4v) is 3.83. The number of thiophene rings is 1. The average Bonchev–Trinajstić information content (AvgIpc) is 3.02. The van der Waals surface area contributed by atoms with Crippen LogP contribution >= 0.6 is 34.7 Å². The molecule has 112 valence electrons. The number of hydrogen-bond acceptors (Lipinski definition) is 4. The largest absolute Gasteiger partial charge is 0.300 e. The van der Waals surface area contributed by atoms with Crippen molar-refractivity contribution in [1.82, 2.24) is 5.32 Å². The number of thioether (sulfide) groups is 1. The Labute approximate surface area is 142 Å². The number of amides is 1. The highest BCUT2D eigenvalue weighted by Gasteiger charge is 2.24. The highest BCUT2D eigenvalue weighted by molar-refractivity contribution is 8.18. The topological polar surface area (TPSA) is 41.5 Å². The van der Waals surface area contributed by atoms with E-state index in [9.17, 15) is 4.79 Å². The first-order valence-electron chi connectivity index (χ1n) is 6.63. The Morgan fingerprint density at radius 1 is 1.23 bits per heavy atom. The third-order valence-corrected chi connectivity index (χ3v) is 5.48. The van der Waals surface area contributed by atoms with Crippen molar-refractivity contribution in [1.29, 1.82) is 0 Å². The van der Waals surface area contributed by atoms with E-state index in [-0.39, 0.29) is 5.91 Å². The molecule has 1 amide bonds. The molecular weight excluding hydrogens is 336 g/mol. The summed E-state index contributed by atoms with van der Waals surface area (Å²) in [6.07, 6.45) is 1.91. The molecule has 0 unspecified atom stereocenters. The third-order valence-electron chi connectivity index (χ3n) is 3.20. The van der Waals surface area contributed by atoms with Gasteiger partial charge in [-0.1, -0.05) is 17.7 Å². The Morgan fingerprint density at radius 3 is 2.73 bits per heavy atom. The maximum atomic E-state index is 12.0. The Bertz CT molecular complexity index is 808. The van der Waals surface area contributed by atoms with E-state index in [4.69, 9.17) is 11.6 Å². The minimum absolute atomic E-state index is 0.116. The molecule has 22 heavy (non-hydrogen) atoms. The monoisotopic (exact) mass is 348 g/mol. The van der Waals surface area contributed by atoms with Gasteiger partial charge in [-0.25, -0.2) is 4.99 Å². The van der Waals surface area contributed by atoms with Gasteiger partial charge in [0.15, 0.2) is 5.17 Å². The number of carbonyl (C=O) groups is 1. The van der Waals surface area contributed by atoms with Crippen molar-refractivity contribution >= 4 is 57.5 Å². The first kappa shape index (κ1) is 15.3. The number of aryl methyl sites for hydroxylation is 2. The molecule has 3 nitrogen and oxygen atoms in total. The fourth-order valence-electron chi connectivity index (χ4n) is 1.90. The number of amidine groups is 1. The molecule has 1 fully saturated rings. The number of carbonyl (C=O) groups excluding carboxylic acids is 1. The van der Waals surface area contributed by atoms with Crippen LogP contribution in [0.4, 0.5) is 5.69 Å². The van der Waals surface area contributed by atoms with Gasteiger partial charge in [-0.2, -0.15) is 0 Å². The van der Waals surface area contributed by atoms with E-state index >= 15 is 0 Å². The van der Waals surface area contributed by atoms with Gasteiger partial charge in [-0.15, -0.1) is 11.3 Å². The summed E-state index contributed by atoms with van der Waals surface area (Å²) >= 11 is 9.06. The molecule has 1 aromatic heterocycles. The zero-order valence-electron chi connectivity index (χ0n) is 12.0. The highest BCUT2D eigenvalue weighted by Crippen LogP contribution is 2.31. The fraction of sp³-hybridized carbons (Fsp3) is 0.125. The number of aliphatic imine (C=N–C) groups is 1. The number of rotatable bonds is 2. The molecule has 1 aliphatic rings. The zero-order valence-corrected chi connectivity index (χ0v) is 14.4. The van der Waals surface area contributed by atoms with Gasteiger partial charge in [0.05, 0.1) is 10.6 Å². The molecule has 1 aromatic carbocycles. The van der Waals surface area contributed by atoms with Crippen LogP contribution in [0.2, 0.25) is 5.02 Å². The van der Waals surface area contributed by atoms with E-state index in [1.165, 1.54) is 17.3 Å². The number of hydrogen-bond donors (Lipinski definition) is 1. The molecule has 0 radical (unpaired) electrons. The van der Waals surface area contributed by atoms with Gasteiger partial charge >= 0.3 is 0 Å². The van der Waals surface area contributed by atoms with E-state index in [1.54, 1.807) is 17.4 Å². The lowest BCUT2D eigenvalue weighted by atomic mass is 10.2. The van der Waals surface area contributed by atoms with E-state index in [2.05, 4.69) is 10.3 Å². The molecule has 2 aromatic rings. The van der Waals surface area contributed by atoms with Crippen LogP contribution in [0.15, 0.2) is 39.5 Å². The van der Waals surface area contributed by atoms with Crippen LogP contribution in [-0.4, -0.2) is 11.1 Å². The van der Waals surface area contributed by atoms with Crippen LogP contribution in [0.3, 0.4) is 0 Å². The number of halogens is 1. The second kappa shape index (κ2) is 6.28. The average molecular weight is 349 g/mol. The van der Waals surface area contributed by atoms with Gasteiger partial charge in [0.1, 0.15) is 0 Å². The molecule has 0 spiro atoms. The molecule has 2 heterocycles. The van der Waals surface area contributed by atoms with Crippen LogP contribution in [0, 0.1) is 13.8 Å². The SMILES string of the molecule is Cc1ccc(N=C2NC(=O)/C(=C/c3sccc3C)S2)cc1Cl. The summed E-state index contributed by atoms with van der Waals surface area (Å²) in [5, 5.41) is 6.04. The molecule has 6 heteroatoms. The van der Waals surface area contributed by atoms with E-state index in [1.807, 2.05) is 43.5 Å². The number of nitrogens with zero attached hydrogens (tertiary/aromatic N) is 1. The molecule has 1 aliphatic heterocycles. The standard InChI is InChI=1S/C16H13ClN2OS2/c1-9-3-4-11(7-12(9)17)18-16-19-15(20)14(22-16)8-13-10(2)5-6-21-13/h3-8H,1-2H3,(H,18,19,20)/b14-8-. The van der Waals surface area contributed by atoms with Crippen molar-refractivity contribution in [3.05, 3.63) is 55.6 Å². The van der Waals surface area contributed by atoms with Crippen molar-refractivity contribution in [2.24, 2.45) is 4.99 Å². The minimum Gasteiger partial charge on any atom is -0.300 e. The van der Waals surface area contributed by atoms with Gasteiger partial charge in [0, 0.05) is 9.90 Å². The van der Waals surface area contributed by atoms with Crippen LogP contribution in [0.5, 0.6) is 0 Å². The lowest BCUT2D eigenvalue weighted by Crippen LogP contribution is -2.19. The van der Waals surface area contributed by atoms with Gasteiger partial charge in [0.2, 0.25) is 0 Å². The van der Waals surface area contributed by atoms with E-state index in [0.29, 0.717) is 15.1 Å². The predicted molar refractivity (Wildman–Crippen MR) is 96.1 cm³/mol. The van der Waals surface area contributed by atoms with Gasteiger partial charge in [-0.3, -0.25) is 4.79 Å². The van der Waals surface area contributed by atoms with Crippen molar-refractivity contribution in [3.63, 3.8) is 0 Å². The second-order valence-electron chi connectivity index (χ2n) is 4.88. The van der Waals surface area contributed by atoms with Crippen LogP contribution in [0.25, 0.3) is 6.08 Å². The normalized spacial score (nSPS) is 18.2. The summed E-state index contributed by atoms with van der Waals surface area (Å²) in [5.74, 6) is -0.116. The molecule has 0 atom stereocenters. The minimum atomic E-state index is -0.116. The van der Waals surface area contributed by atoms with E-state index < -0.39 is 0 Å². The number of benzene rings is 1. The molecule has 3 rings (SSSR count). The zero-order chi connectivity index (χ0) is 15.7. The van der Waals surface area contributed by atoms with Gasteiger partial charge in [0.25, 0.3) is 5.91 Å². The molecule has 0 bridgehead atoms. The van der Waals surface area contributed by atoms with Gasteiger partial charge < -0.3 is 5.32 Å². The molecule has 0 aliphatic carbocycles. The predicted octanol–water partition coefficient (Wildman–Crippen LogP) is 4.91. The molecular formula is C16H13ClN2OS2. The quantitative estimate of drug-likeness (QED) is 0.783. The molecule has 0 saturated carbocycles. The first-order valence-corrected chi connectivity index (χ1v) is 8.70. The summed E-state index contributed by atoms with van der Waals surface area (Å²) in [6.45, 7) is 3.97. The van der Waals surface area contributed by atoms with E-state index in [0.717, 1.165) is 16.1 Å². The van der Waals surface area contributed by atoms with Crippen LogP contribution in [0.1, 0.15) is 16.0 Å². The first-order chi connectivity index (χ1) is 10.5. The number of nitrogens with one attached hydrogen (secondary N) is 1. The maximum absolute atomic E-state index is 12.0. The van der Waals surface area contributed by atoms with Crippen molar-refractivity contribution in [2.45, 2.75) is 13.8 Å². The summed E-state index contributed by atoms with van der Waals surface area (Å²) in [6, 6.07) is 7.63. The maximum Gasteiger partial charge on any atom is 0.264 e. The smallest absolute Gasteiger partial charge is 0.264 e. The summed E-state index contributed by atoms with van der Waals surface area (Å²) in [7, 11) is 0. The summed E-state index contributed by atoms with van der Waals surface area (Å²) in [4.78, 5) is 18.2. The lowest BCUT2D eigenvalue weighted by Gasteiger charge is -2.00. The molecule has 1 N–H and O–H groups in total. The van der Waals surface area contributed by atoms with Crippen LogP contribution in [-0.2, 0) is 4.79 Å². The van der Waals surface area contributed by atoms with Crippen molar-refractivity contribution in [2.75, 3.05) is 0 Å². The lowest BCUT2D eigenvalue weighted by molar-refractivity contribution is -0.115. The second-order valence-corrected chi connectivity index (χ2v) is 7.27. The third kappa shape index (κ3) is 3.27. The van der Waals surface area contributed by atoms with Crippen LogP contribution < -0.4 is 5.32 Å². The Morgan fingerprint density at radius 2 is 2.05 bits per heavy atom. The summed E-state index contributed by atoms with van der Waals surface area (Å²) < 4.78 is 0. The van der Waals surface area contributed by atoms with Gasteiger partial charge in [-0.05, 0) is 66.4 Å².